The zero-order valence-corrected chi connectivity index (χ0v) is 24.5. The number of nitrogens with zero attached hydrogens (tertiary/aromatic N) is 4. The normalized spacial score (nSPS) is 19.1. The molecule has 40 heavy (non-hydrogen) atoms. The molecule has 5 N–H and O–H groups in total. The van der Waals surface area contributed by atoms with Crippen LogP contribution < -0.4 is 26.6 Å². The third-order valence-electron chi connectivity index (χ3n) is 6.20. The number of fused-ring (bicyclic) bond motifs is 1. The second kappa shape index (κ2) is 17.8. The number of pyridine rings is 1. The van der Waals surface area contributed by atoms with Gasteiger partial charge in [0, 0.05) is 71.8 Å². The van der Waals surface area contributed by atoms with Crippen molar-refractivity contribution in [3.8, 4) is 0 Å². The van der Waals surface area contributed by atoms with E-state index in [-0.39, 0.29) is 42.4 Å². The highest BCUT2D eigenvalue weighted by atomic mass is 33.1. The molecular formula is C24H35N9O4S3. The lowest BCUT2D eigenvalue weighted by atomic mass is 10.0. The van der Waals surface area contributed by atoms with Gasteiger partial charge in [-0.3, -0.25) is 19.4 Å². The number of amides is 5. The Balaban J connectivity index is 1.10. The van der Waals surface area contributed by atoms with Gasteiger partial charge in [-0.1, -0.05) is 33.1 Å². The van der Waals surface area contributed by atoms with Crippen LogP contribution in [0.2, 0.25) is 0 Å². The quantitative estimate of drug-likeness (QED) is 0.0418. The summed E-state index contributed by atoms with van der Waals surface area (Å²) in [6, 6.07) is 3.61. The average molecular weight is 610 g/mol. The Labute approximate surface area is 245 Å². The molecule has 0 aliphatic carbocycles. The fourth-order valence-corrected chi connectivity index (χ4v) is 7.61. The molecule has 2 aliphatic rings. The minimum Gasteiger partial charge on any atom is -0.355 e. The Morgan fingerprint density at radius 2 is 1.82 bits per heavy atom. The third kappa shape index (κ3) is 11.4. The molecule has 16 heteroatoms. The van der Waals surface area contributed by atoms with Gasteiger partial charge in [-0.05, 0) is 30.5 Å². The number of unbranched alkanes of at least 4 members (excludes halogenated alkanes) is 1. The van der Waals surface area contributed by atoms with E-state index in [2.05, 4.69) is 41.6 Å². The molecule has 0 spiro atoms. The molecule has 2 aliphatic heterocycles. The molecule has 218 valence electrons. The van der Waals surface area contributed by atoms with Crippen LogP contribution in [0.15, 0.2) is 23.4 Å². The van der Waals surface area contributed by atoms with Crippen molar-refractivity contribution in [2.45, 2.75) is 56.0 Å². The molecule has 5 amide bonds. The summed E-state index contributed by atoms with van der Waals surface area (Å²) in [6.45, 7) is 1.34. The number of aromatic nitrogens is 1. The molecule has 3 rings (SSSR count). The summed E-state index contributed by atoms with van der Waals surface area (Å²) in [7, 11) is 3.21. The van der Waals surface area contributed by atoms with Crippen molar-refractivity contribution < 1.29 is 19.2 Å². The molecule has 13 nitrogen and oxygen atoms in total. The Hall–Kier alpha value is -2.81. The topological polar surface area (TPSA) is 190 Å². The van der Waals surface area contributed by atoms with E-state index in [9.17, 15) is 19.2 Å². The van der Waals surface area contributed by atoms with Crippen LogP contribution >= 0.6 is 33.3 Å². The number of hydrogen-bond acceptors (Lipinski definition) is 9. The van der Waals surface area contributed by atoms with E-state index in [0.717, 1.165) is 30.8 Å². The van der Waals surface area contributed by atoms with Crippen LogP contribution in [0.25, 0.3) is 10.4 Å². The molecule has 3 atom stereocenters. The summed E-state index contributed by atoms with van der Waals surface area (Å²) in [5, 5.41) is 18.2. The maximum absolute atomic E-state index is 12.1. The number of carbonyl (C=O) groups excluding carboxylic acids is 4. The average Bonchev–Trinajstić information content (AvgIpc) is 3.51. The summed E-state index contributed by atoms with van der Waals surface area (Å²) in [6.07, 6.45) is 5.11. The van der Waals surface area contributed by atoms with Crippen LogP contribution in [0.1, 0.15) is 48.2 Å². The molecule has 2 saturated heterocycles. The number of hydrogen-bond donors (Lipinski definition) is 5. The smallest absolute Gasteiger partial charge is 0.315 e. The van der Waals surface area contributed by atoms with Gasteiger partial charge in [0.15, 0.2) is 0 Å². The van der Waals surface area contributed by atoms with Crippen LogP contribution in [0.5, 0.6) is 0 Å². The zero-order chi connectivity index (χ0) is 28.6. The molecule has 0 bridgehead atoms. The Morgan fingerprint density at radius 3 is 2.62 bits per heavy atom. The molecular weight excluding hydrogens is 575 g/mol. The van der Waals surface area contributed by atoms with E-state index < -0.39 is 0 Å². The fourth-order valence-electron chi connectivity index (χ4n) is 4.17. The van der Waals surface area contributed by atoms with Crippen molar-refractivity contribution in [1.82, 2.24) is 31.6 Å². The summed E-state index contributed by atoms with van der Waals surface area (Å²) in [5.74, 6) is 2.05. The largest absolute Gasteiger partial charge is 0.355 e. The van der Waals surface area contributed by atoms with Crippen molar-refractivity contribution in [2.75, 3.05) is 36.9 Å². The first-order chi connectivity index (χ1) is 19.5. The van der Waals surface area contributed by atoms with Gasteiger partial charge >= 0.3 is 6.03 Å². The lowest BCUT2D eigenvalue weighted by Crippen LogP contribution is -2.36. The zero-order valence-electron chi connectivity index (χ0n) is 22.1. The van der Waals surface area contributed by atoms with Crippen LogP contribution in [0, 0.1) is 0 Å². The van der Waals surface area contributed by atoms with E-state index in [1.165, 1.54) is 6.20 Å². The molecule has 1 aromatic rings. The van der Waals surface area contributed by atoms with E-state index in [1.807, 2.05) is 11.8 Å². The Kier molecular flexibility index (Phi) is 14.1. The van der Waals surface area contributed by atoms with Crippen molar-refractivity contribution >= 4 is 57.1 Å². The lowest BCUT2D eigenvalue weighted by molar-refractivity contribution is -0.121. The molecule has 0 saturated carbocycles. The minimum absolute atomic E-state index is 0.0588. The first-order valence-corrected chi connectivity index (χ1v) is 16.7. The van der Waals surface area contributed by atoms with Crippen LogP contribution in [0.3, 0.4) is 0 Å². The second-order valence-electron chi connectivity index (χ2n) is 9.14. The first kappa shape index (κ1) is 31.7. The van der Waals surface area contributed by atoms with Gasteiger partial charge in [0.05, 0.1) is 24.2 Å². The highest BCUT2D eigenvalue weighted by Gasteiger charge is 2.42. The Morgan fingerprint density at radius 1 is 1.05 bits per heavy atom. The first-order valence-electron chi connectivity index (χ1n) is 13.2. The predicted molar refractivity (Wildman–Crippen MR) is 159 cm³/mol. The Bertz CT molecular complexity index is 1060. The van der Waals surface area contributed by atoms with Crippen molar-refractivity contribution in [3.05, 3.63) is 40.0 Å². The maximum Gasteiger partial charge on any atom is 0.315 e. The standard InChI is InChI=1S/C24H35N9O4S3/c25-33-30-14-17-6-5-16(13-29-17)23(36)28-9-8-26-21(35)7-11-39-40-12-10-27-20(34)4-2-1-3-19-22-18(15-38-19)31-24(37)32-22/h5-6,13,18-19,22H,1-4,7-12,14-15H2,(H,26,35)(H,27,34)(H,28,36)(H2,31,32,37)/t18?,19-,22?/m0/s1. The molecule has 2 unspecified atom stereocenters. The van der Waals surface area contributed by atoms with E-state index in [4.69, 9.17) is 5.53 Å². The van der Waals surface area contributed by atoms with E-state index in [0.29, 0.717) is 54.7 Å². The molecule has 1 aromatic heterocycles. The lowest BCUT2D eigenvalue weighted by Gasteiger charge is -2.16. The highest BCUT2D eigenvalue weighted by molar-refractivity contribution is 8.76. The summed E-state index contributed by atoms with van der Waals surface area (Å²) in [5.41, 5.74) is 9.28. The number of azide groups is 1. The van der Waals surface area contributed by atoms with Gasteiger partial charge in [0.1, 0.15) is 0 Å². The van der Waals surface area contributed by atoms with E-state index >= 15 is 0 Å². The molecule has 0 aromatic carbocycles. The molecule has 3 heterocycles. The number of thioether (sulfide) groups is 1. The van der Waals surface area contributed by atoms with Gasteiger partial charge in [-0.15, -0.1) is 0 Å². The second-order valence-corrected chi connectivity index (χ2v) is 13.1. The fraction of sp³-hybridized carbons (Fsp3) is 0.625. The summed E-state index contributed by atoms with van der Waals surface area (Å²) >= 11 is 1.89. The number of nitrogens with one attached hydrogen (secondary N) is 5. The summed E-state index contributed by atoms with van der Waals surface area (Å²) in [4.78, 5) is 54.3. The predicted octanol–water partition coefficient (Wildman–Crippen LogP) is 2.35. The number of carbonyl (C=O) groups is 4. The van der Waals surface area contributed by atoms with Gasteiger partial charge in [0.25, 0.3) is 5.91 Å². The van der Waals surface area contributed by atoms with Crippen molar-refractivity contribution in [3.63, 3.8) is 0 Å². The maximum atomic E-state index is 12.1. The van der Waals surface area contributed by atoms with Crippen molar-refractivity contribution in [1.29, 1.82) is 0 Å². The van der Waals surface area contributed by atoms with Gasteiger partial charge in [-0.2, -0.15) is 11.8 Å². The van der Waals surface area contributed by atoms with Crippen LogP contribution in [-0.2, 0) is 16.1 Å². The van der Waals surface area contributed by atoms with Crippen LogP contribution in [-0.4, -0.2) is 83.0 Å². The van der Waals surface area contributed by atoms with Gasteiger partial charge in [-0.25, -0.2) is 4.79 Å². The number of urea groups is 1. The van der Waals surface area contributed by atoms with Gasteiger partial charge < -0.3 is 26.6 Å². The number of rotatable bonds is 18. The van der Waals surface area contributed by atoms with Gasteiger partial charge in [0.2, 0.25) is 11.8 Å². The molecule has 2 fully saturated rings. The highest BCUT2D eigenvalue weighted by Crippen LogP contribution is 2.33. The van der Waals surface area contributed by atoms with E-state index in [1.54, 1.807) is 33.7 Å². The van der Waals surface area contributed by atoms with Crippen LogP contribution in [0.4, 0.5) is 4.79 Å². The molecule has 0 radical (unpaired) electrons. The summed E-state index contributed by atoms with van der Waals surface area (Å²) < 4.78 is 0. The van der Waals surface area contributed by atoms with Crippen molar-refractivity contribution in [2.24, 2.45) is 5.11 Å². The third-order valence-corrected chi connectivity index (χ3v) is 10.1. The monoisotopic (exact) mass is 609 g/mol. The minimum atomic E-state index is -0.296. The SMILES string of the molecule is [N-]=[N+]=NCc1ccc(C(=O)NCCNC(=O)CCSSCCNC(=O)CCCC[C@@H]2SCC3NC(=O)NC32)cn1.